The molecule has 0 amide bonds. The molecule has 0 bridgehead atoms. The molecular formula is C27H23N7. The van der Waals surface area contributed by atoms with Gasteiger partial charge in [-0.2, -0.15) is 9.61 Å². The third-order valence-corrected chi connectivity index (χ3v) is 6.82. The number of aromatic amines is 1. The van der Waals surface area contributed by atoms with Crippen LogP contribution in [0.2, 0.25) is 0 Å². The van der Waals surface area contributed by atoms with Crippen LogP contribution in [0.5, 0.6) is 0 Å². The van der Waals surface area contributed by atoms with E-state index in [0.29, 0.717) is 6.42 Å². The number of nitrogens with one attached hydrogen (secondary N) is 1. The molecule has 0 fully saturated rings. The van der Waals surface area contributed by atoms with Crippen LogP contribution >= 0.6 is 0 Å². The minimum Gasteiger partial charge on any atom is -0.358 e. The Morgan fingerprint density at radius 3 is 2.94 bits per heavy atom. The van der Waals surface area contributed by atoms with Gasteiger partial charge in [0, 0.05) is 59.7 Å². The van der Waals surface area contributed by atoms with Crippen LogP contribution in [0.15, 0.2) is 66.9 Å². The van der Waals surface area contributed by atoms with Crippen LogP contribution in [0.1, 0.15) is 22.6 Å². The maximum Gasteiger partial charge on any atom is 0.177 e. The quantitative estimate of drug-likeness (QED) is 0.437. The van der Waals surface area contributed by atoms with Gasteiger partial charge in [0.25, 0.3) is 0 Å². The Hall–Kier alpha value is -4.10. The van der Waals surface area contributed by atoms with Gasteiger partial charge in [-0.25, -0.2) is 0 Å². The first-order chi connectivity index (χ1) is 16.7. The molecular weight excluding hydrogens is 422 g/mol. The summed E-state index contributed by atoms with van der Waals surface area (Å²) >= 11 is 0. The van der Waals surface area contributed by atoms with Crippen molar-refractivity contribution in [3.8, 4) is 11.3 Å². The third kappa shape index (κ3) is 3.16. The van der Waals surface area contributed by atoms with Gasteiger partial charge >= 0.3 is 0 Å². The van der Waals surface area contributed by atoms with E-state index in [1.807, 2.05) is 28.9 Å². The lowest BCUT2D eigenvalue weighted by Crippen LogP contribution is -2.25. The van der Waals surface area contributed by atoms with Gasteiger partial charge < -0.3 is 9.88 Å². The number of nitrogens with zero attached hydrogens (tertiary/aromatic N) is 6. The Balaban J connectivity index is 1.28. The van der Waals surface area contributed by atoms with Gasteiger partial charge in [-0.15, -0.1) is 10.2 Å². The first-order valence-corrected chi connectivity index (χ1v) is 11.6. The molecule has 0 saturated carbocycles. The monoisotopic (exact) mass is 445 g/mol. The Labute approximate surface area is 196 Å². The lowest BCUT2D eigenvalue weighted by atomic mass is 10.0. The normalized spacial score (nSPS) is 14.3. The summed E-state index contributed by atoms with van der Waals surface area (Å²) in [6.07, 6.45) is 3.53. The minimum absolute atomic E-state index is 0.652. The third-order valence-electron chi connectivity index (χ3n) is 6.82. The number of rotatable bonds is 3. The Morgan fingerprint density at radius 2 is 1.97 bits per heavy atom. The van der Waals surface area contributed by atoms with E-state index in [1.54, 1.807) is 0 Å². The fraction of sp³-hybridized carbons (Fsp3) is 0.185. The summed E-state index contributed by atoms with van der Waals surface area (Å²) in [5.41, 5.74) is 8.88. The molecule has 0 atom stereocenters. The smallest absolute Gasteiger partial charge is 0.177 e. The summed E-state index contributed by atoms with van der Waals surface area (Å²) in [7, 11) is 2.18. The molecule has 166 valence electrons. The molecule has 34 heavy (non-hydrogen) atoms. The molecule has 7 heteroatoms. The number of hydrogen-bond acceptors (Lipinski definition) is 5. The number of H-pyrrole nitrogens is 1. The first-order valence-electron chi connectivity index (χ1n) is 11.6. The highest BCUT2D eigenvalue weighted by Crippen LogP contribution is 2.31. The van der Waals surface area contributed by atoms with Crippen molar-refractivity contribution in [3.05, 3.63) is 89.5 Å². The molecule has 6 aromatic rings. The molecule has 0 unspecified atom stereocenters. The highest BCUT2D eigenvalue weighted by Gasteiger charge is 2.19. The van der Waals surface area contributed by atoms with E-state index in [1.165, 1.54) is 22.2 Å². The Kier molecular flexibility index (Phi) is 4.25. The van der Waals surface area contributed by atoms with Crippen molar-refractivity contribution < 1.29 is 0 Å². The van der Waals surface area contributed by atoms with Crippen LogP contribution in [0, 0.1) is 0 Å². The van der Waals surface area contributed by atoms with Gasteiger partial charge in [-0.05, 0) is 60.6 Å². The SMILES string of the molecule is CN1CCc2[nH]c3ccc(-c4ccc5nnc(Cc6ccc7ncccc7c6)n5n4)cc3c2C1. The van der Waals surface area contributed by atoms with Gasteiger partial charge in [0.2, 0.25) is 0 Å². The van der Waals surface area contributed by atoms with Crippen molar-refractivity contribution >= 4 is 27.5 Å². The van der Waals surface area contributed by atoms with E-state index < -0.39 is 0 Å². The van der Waals surface area contributed by atoms with E-state index in [-0.39, 0.29) is 0 Å². The maximum absolute atomic E-state index is 4.94. The summed E-state index contributed by atoms with van der Waals surface area (Å²) in [5, 5.41) is 16.1. The van der Waals surface area contributed by atoms with Crippen molar-refractivity contribution in [2.75, 3.05) is 13.6 Å². The molecule has 5 heterocycles. The molecule has 0 aliphatic carbocycles. The second-order valence-electron chi connectivity index (χ2n) is 9.14. The predicted octanol–water partition coefficient (Wildman–Crippen LogP) is 4.40. The molecule has 4 aromatic heterocycles. The molecule has 1 aliphatic rings. The molecule has 0 radical (unpaired) electrons. The number of aromatic nitrogens is 6. The summed E-state index contributed by atoms with van der Waals surface area (Å²) < 4.78 is 1.87. The van der Waals surface area contributed by atoms with Crippen molar-refractivity contribution in [1.29, 1.82) is 0 Å². The van der Waals surface area contributed by atoms with Gasteiger partial charge in [-0.1, -0.05) is 18.2 Å². The largest absolute Gasteiger partial charge is 0.358 e. The zero-order valence-corrected chi connectivity index (χ0v) is 18.9. The van der Waals surface area contributed by atoms with Crippen LogP contribution in [-0.4, -0.2) is 48.3 Å². The van der Waals surface area contributed by atoms with Gasteiger partial charge in [0.1, 0.15) is 0 Å². The van der Waals surface area contributed by atoms with Gasteiger partial charge in [-0.3, -0.25) is 4.98 Å². The molecule has 1 N–H and O–H groups in total. The minimum atomic E-state index is 0.652. The molecule has 0 spiro atoms. The Morgan fingerprint density at radius 1 is 1.00 bits per heavy atom. The zero-order chi connectivity index (χ0) is 22.6. The molecule has 2 aromatic carbocycles. The van der Waals surface area contributed by atoms with Gasteiger partial charge in [0.15, 0.2) is 11.5 Å². The molecule has 1 aliphatic heterocycles. The highest BCUT2D eigenvalue weighted by atomic mass is 15.4. The van der Waals surface area contributed by atoms with Crippen molar-refractivity contribution in [3.63, 3.8) is 0 Å². The van der Waals surface area contributed by atoms with Crippen LogP contribution in [0.4, 0.5) is 0 Å². The van der Waals surface area contributed by atoms with Crippen LogP contribution in [0.25, 0.3) is 38.7 Å². The number of pyridine rings is 1. The Bertz CT molecular complexity index is 1690. The topological polar surface area (TPSA) is 75.0 Å². The van der Waals surface area contributed by atoms with Gasteiger partial charge in [0.05, 0.1) is 11.2 Å². The molecule has 7 rings (SSSR count). The number of likely N-dealkylation sites (N-methyl/N-ethyl adjacent to an activating group) is 1. The maximum atomic E-state index is 4.94. The van der Waals surface area contributed by atoms with E-state index in [0.717, 1.165) is 58.7 Å². The molecule has 0 saturated heterocycles. The second kappa shape index (κ2) is 7.46. The lowest BCUT2D eigenvalue weighted by molar-refractivity contribution is 0.313. The summed E-state index contributed by atoms with van der Waals surface area (Å²) in [4.78, 5) is 10.4. The van der Waals surface area contributed by atoms with E-state index >= 15 is 0 Å². The van der Waals surface area contributed by atoms with Crippen molar-refractivity contribution in [2.45, 2.75) is 19.4 Å². The zero-order valence-electron chi connectivity index (χ0n) is 18.9. The van der Waals surface area contributed by atoms with Crippen LogP contribution < -0.4 is 0 Å². The van der Waals surface area contributed by atoms with E-state index in [2.05, 4.69) is 74.6 Å². The number of hydrogen-bond donors (Lipinski definition) is 1. The highest BCUT2D eigenvalue weighted by molar-refractivity contribution is 5.89. The number of benzene rings is 2. The van der Waals surface area contributed by atoms with Crippen molar-refractivity contribution in [2.24, 2.45) is 0 Å². The average Bonchev–Trinajstić information content (AvgIpc) is 3.44. The number of fused-ring (bicyclic) bond motifs is 5. The fourth-order valence-corrected chi connectivity index (χ4v) is 5.02. The first kappa shape index (κ1) is 19.4. The van der Waals surface area contributed by atoms with E-state index in [9.17, 15) is 0 Å². The predicted molar refractivity (Wildman–Crippen MR) is 133 cm³/mol. The second-order valence-corrected chi connectivity index (χ2v) is 9.14. The van der Waals surface area contributed by atoms with Crippen LogP contribution in [-0.2, 0) is 19.4 Å². The molecule has 7 nitrogen and oxygen atoms in total. The lowest BCUT2D eigenvalue weighted by Gasteiger charge is -2.22. The van der Waals surface area contributed by atoms with Crippen LogP contribution in [0.3, 0.4) is 0 Å². The average molecular weight is 446 g/mol. The van der Waals surface area contributed by atoms with Crippen molar-refractivity contribution in [1.82, 2.24) is 34.7 Å². The van der Waals surface area contributed by atoms with E-state index in [4.69, 9.17) is 5.10 Å². The summed E-state index contributed by atoms with van der Waals surface area (Å²) in [5.74, 6) is 0.821. The standard InChI is InChI=1S/C27H23N7/c1-33-12-10-25-21(16-33)20-15-19(5-7-24(20)29-25)23-8-9-26-30-31-27(34(26)32-23)14-17-4-6-22-18(13-17)3-2-11-28-22/h2-9,11,13,15,29H,10,12,14,16H2,1H3. The summed E-state index contributed by atoms with van der Waals surface area (Å²) in [6.45, 7) is 2.07. The summed E-state index contributed by atoms with van der Waals surface area (Å²) in [6, 6.07) is 21.0. The fourth-order valence-electron chi connectivity index (χ4n) is 5.02.